The zero-order valence-corrected chi connectivity index (χ0v) is 13.5. The van der Waals surface area contributed by atoms with E-state index in [1.165, 1.54) is 0 Å². The summed E-state index contributed by atoms with van der Waals surface area (Å²) in [4.78, 5) is 23.8. The van der Waals surface area contributed by atoms with Gasteiger partial charge in [-0.25, -0.2) is 4.79 Å². The maximum absolute atomic E-state index is 12.0. The van der Waals surface area contributed by atoms with E-state index in [9.17, 15) is 4.79 Å². The molecule has 0 unspecified atom stereocenters. The lowest BCUT2D eigenvalue weighted by molar-refractivity contribution is 0.894. The predicted molar refractivity (Wildman–Crippen MR) is 99.6 cm³/mol. The molecule has 0 saturated heterocycles. The van der Waals surface area contributed by atoms with Crippen LogP contribution in [0.4, 0.5) is 0 Å². The molecule has 5 nitrogen and oxygen atoms in total. The third-order valence-electron chi connectivity index (χ3n) is 4.64. The topological polar surface area (TPSA) is 63.6 Å². The number of benzene rings is 2. The Hall–Kier alpha value is -3.47. The van der Waals surface area contributed by atoms with E-state index in [-0.39, 0.29) is 5.69 Å². The van der Waals surface area contributed by atoms with E-state index >= 15 is 0 Å². The number of hydrogen-bond donors (Lipinski definition) is 1. The number of rotatable bonds is 1. The average molecular weight is 326 g/mol. The number of hydrogen-bond acceptors (Lipinski definition) is 3. The minimum absolute atomic E-state index is 0.137. The Kier molecular flexibility index (Phi) is 2.79. The highest BCUT2D eigenvalue weighted by molar-refractivity contribution is 6.03. The van der Waals surface area contributed by atoms with Gasteiger partial charge in [-0.3, -0.25) is 14.5 Å². The molecule has 5 aromatic rings. The van der Waals surface area contributed by atoms with Crippen molar-refractivity contribution < 1.29 is 0 Å². The van der Waals surface area contributed by atoms with Crippen molar-refractivity contribution in [3.8, 4) is 11.1 Å². The second-order valence-corrected chi connectivity index (χ2v) is 6.16. The quantitative estimate of drug-likeness (QED) is 0.511. The Morgan fingerprint density at radius 3 is 2.68 bits per heavy atom. The van der Waals surface area contributed by atoms with Gasteiger partial charge in [0.1, 0.15) is 0 Å². The van der Waals surface area contributed by atoms with Crippen molar-refractivity contribution in [1.29, 1.82) is 0 Å². The minimum Gasteiger partial charge on any atom is -0.304 e. The maximum atomic E-state index is 12.0. The SMILES string of the molecule is Cn1c(=O)[nH]c2cnc3ccc(-c4cnc5ccccc5c4)cc3c21. The van der Waals surface area contributed by atoms with Crippen molar-refractivity contribution >= 4 is 32.8 Å². The number of aryl methyl sites for hydroxylation is 1. The van der Waals surface area contributed by atoms with Crippen LogP contribution >= 0.6 is 0 Å². The van der Waals surface area contributed by atoms with Gasteiger partial charge in [0.15, 0.2) is 0 Å². The molecule has 0 atom stereocenters. The van der Waals surface area contributed by atoms with Crippen LogP contribution in [-0.4, -0.2) is 19.5 Å². The second kappa shape index (κ2) is 5.01. The van der Waals surface area contributed by atoms with Crippen molar-refractivity contribution in [2.45, 2.75) is 0 Å². The molecule has 5 heteroatoms. The zero-order chi connectivity index (χ0) is 17.0. The molecule has 0 bridgehead atoms. The standard InChI is InChI=1S/C20H14N4O/c1-24-19-15-9-12(6-7-17(15)22-11-18(19)23-20(24)25)14-8-13-4-2-3-5-16(13)21-10-14/h2-11H,1H3,(H,23,25). The largest absolute Gasteiger partial charge is 0.326 e. The summed E-state index contributed by atoms with van der Waals surface area (Å²) in [5.74, 6) is 0. The van der Waals surface area contributed by atoms with Crippen LogP contribution in [0.5, 0.6) is 0 Å². The van der Waals surface area contributed by atoms with Gasteiger partial charge in [-0.05, 0) is 29.8 Å². The molecular formula is C20H14N4O. The number of aromatic nitrogens is 4. The van der Waals surface area contributed by atoms with Crippen LogP contribution in [0.3, 0.4) is 0 Å². The van der Waals surface area contributed by atoms with Crippen molar-refractivity contribution in [2.24, 2.45) is 7.05 Å². The van der Waals surface area contributed by atoms with Gasteiger partial charge < -0.3 is 4.98 Å². The van der Waals surface area contributed by atoms with E-state index < -0.39 is 0 Å². The van der Waals surface area contributed by atoms with E-state index in [0.29, 0.717) is 0 Å². The van der Waals surface area contributed by atoms with Crippen molar-refractivity contribution in [3.05, 3.63) is 71.4 Å². The normalized spacial score (nSPS) is 11.6. The first-order valence-corrected chi connectivity index (χ1v) is 8.03. The first kappa shape index (κ1) is 13.9. The van der Waals surface area contributed by atoms with Gasteiger partial charge in [-0.2, -0.15) is 0 Å². The van der Waals surface area contributed by atoms with Gasteiger partial charge in [-0.15, -0.1) is 0 Å². The van der Waals surface area contributed by atoms with E-state index in [4.69, 9.17) is 0 Å². The summed E-state index contributed by atoms with van der Waals surface area (Å²) in [6.07, 6.45) is 3.59. The highest BCUT2D eigenvalue weighted by atomic mass is 16.1. The number of para-hydroxylation sites is 1. The predicted octanol–water partition coefficient (Wildman–Crippen LogP) is 3.63. The first-order chi connectivity index (χ1) is 12.2. The molecule has 1 N–H and O–H groups in total. The van der Waals surface area contributed by atoms with Crippen LogP contribution in [0.2, 0.25) is 0 Å². The molecule has 2 aromatic carbocycles. The Morgan fingerprint density at radius 1 is 0.920 bits per heavy atom. The second-order valence-electron chi connectivity index (χ2n) is 6.16. The first-order valence-electron chi connectivity index (χ1n) is 8.03. The smallest absolute Gasteiger partial charge is 0.304 e. The third-order valence-corrected chi connectivity index (χ3v) is 4.64. The summed E-state index contributed by atoms with van der Waals surface area (Å²) in [7, 11) is 1.77. The van der Waals surface area contributed by atoms with E-state index in [0.717, 1.165) is 44.0 Å². The Morgan fingerprint density at radius 2 is 1.76 bits per heavy atom. The summed E-state index contributed by atoms with van der Waals surface area (Å²) >= 11 is 0. The minimum atomic E-state index is -0.137. The highest BCUT2D eigenvalue weighted by Gasteiger charge is 2.10. The molecule has 0 aliphatic carbocycles. The number of H-pyrrole nitrogens is 1. The summed E-state index contributed by atoms with van der Waals surface area (Å²) < 4.78 is 1.63. The van der Waals surface area contributed by atoms with Crippen LogP contribution in [0, 0.1) is 0 Å². The molecular weight excluding hydrogens is 312 g/mol. The van der Waals surface area contributed by atoms with Crippen molar-refractivity contribution in [3.63, 3.8) is 0 Å². The van der Waals surface area contributed by atoms with E-state index in [1.807, 2.05) is 36.5 Å². The molecule has 0 aliphatic heterocycles. The van der Waals surface area contributed by atoms with Crippen LogP contribution in [0.25, 0.3) is 44.0 Å². The van der Waals surface area contributed by atoms with Gasteiger partial charge >= 0.3 is 5.69 Å². The molecule has 3 heterocycles. The Labute approximate surface area is 142 Å². The summed E-state index contributed by atoms with van der Waals surface area (Å²) in [5, 5.41) is 2.05. The maximum Gasteiger partial charge on any atom is 0.326 e. The zero-order valence-electron chi connectivity index (χ0n) is 13.5. The van der Waals surface area contributed by atoms with Gasteiger partial charge in [0, 0.05) is 29.6 Å². The van der Waals surface area contributed by atoms with Crippen molar-refractivity contribution in [2.75, 3.05) is 0 Å². The molecule has 0 radical (unpaired) electrons. The average Bonchev–Trinajstić information content (AvgIpc) is 2.95. The van der Waals surface area contributed by atoms with E-state index in [1.54, 1.807) is 17.8 Å². The van der Waals surface area contributed by atoms with Crippen molar-refractivity contribution in [1.82, 2.24) is 19.5 Å². The highest BCUT2D eigenvalue weighted by Crippen LogP contribution is 2.28. The summed E-state index contributed by atoms with van der Waals surface area (Å²) in [6.45, 7) is 0. The molecule has 0 aliphatic rings. The van der Waals surface area contributed by atoms with Crippen LogP contribution in [-0.2, 0) is 7.05 Å². The molecule has 0 spiro atoms. The number of pyridine rings is 2. The van der Waals surface area contributed by atoms with Gasteiger partial charge in [-0.1, -0.05) is 24.3 Å². The number of nitrogens with zero attached hydrogens (tertiary/aromatic N) is 3. The lowest BCUT2D eigenvalue weighted by atomic mass is 10.0. The molecule has 0 amide bonds. The molecule has 120 valence electrons. The summed E-state index contributed by atoms with van der Waals surface area (Å²) in [6, 6.07) is 16.3. The van der Waals surface area contributed by atoms with Crippen LogP contribution < -0.4 is 5.69 Å². The Bertz CT molecular complexity index is 1330. The van der Waals surface area contributed by atoms with Crippen LogP contribution in [0.1, 0.15) is 0 Å². The lowest BCUT2D eigenvalue weighted by Crippen LogP contribution is -2.11. The number of nitrogens with one attached hydrogen (secondary N) is 1. The fourth-order valence-electron chi connectivity index (χ4n) is 3.34. The summed E-state index contributed by atoms with van der Waals surface area (Å²) in [5.41, 5.74) is 5.40. The van der Waals surface area contributed by atoms with Gasteiger partial charge in [0.05, 0.1) is 28.3 Å². The molecule has 3 aromatic heterocycles. The Balaban J connectivity index is 1.81. The number of imidazole rings is 1. The molecule has 25 heavy (non-hydrogen) atoms. The fourth-order valence-corrected chi connectivity index (χ4v) is 3.34. The molecule has 0 saturated carbocycles. The van der Waals surface area contributed by atoms with Gasteiger partial charge in [0.2, 0.25) is 0 Å². The van der Waals surface area contributed by atoms with Crippen LogP contribution in [0.15, 0.2) is 65.7 Å². The van der Waals surface area contributed by atoms with E-state index in [2.05, 4.69) is 33.2 Å². The fraction of sp³-hybridized carbons (Fsp3) is 0.0500. The molecule has 0 fully saturated rings. The lowest BCUT2D eigenvalue weighted by Gasteiger charge is -2.07. The molecule has 5 rings (SSSR count). The third kappa shape index (κ3) is 2.06. The number of fused-ring (bicyclic) bond motifs is 4. The number of aromatic amines is 1. The van der Waals surface area contributed by atoms with Gasteiger partial charge in [0.25, 0.3) is 0 Å². The monoisotopic (exact) mass is 326 g/mol.